The highest BCUT2D eigenvalue weighted by Gasteiger charge is 2.32. The predicted molar refractivity (Wildman–Crippen MR) is 98.5 cm³/mol. The summed E-state index contributed by atoms with van der Waals surface area (Å²) in [5.74, 6) is 0. The second-order valence-corrected chi connectivity index (χ2v) is 7.12. The maximum Gasteiger partial charge on any atom is 0.143 e. The number of aliphatic hydroxyl groups excluding tert-OH is 1. The molecule has 2 fully saturated rings. The van der Waals surface area contributed by atoms with E-state index >= 15 is 0 Å². The second-order valence-electron chi connectivity index (χ2n) is 7.12. The van der Waals surface area contributed by atoms with Gasteiger partial charge in [0, 0.05) is 36.2 Å². The number of aromatic nitrogens is 1. The molecule has 0 spiro atoms. The fourth-order valence-electron chi connectivity index (χ4n) is 4.41. The molecule has 2 atom stereocenters. The molecule has 0 amide bonds. The van der Waals surface area contributed by atoms with E-state index in [0.29, 0.717) is 17.8 Å². The summed E-state index contributed by atoms with van der Waals surface area (Å²) < 4.78 is 0. The Morgan fingerprint density at radius 2 is 1.96 bits per heavy atom. The number of para-hydroxylation sites is 1. The van der Waals surface area contributed by atoms with Crippen molar-refractivity contribution in [3.05, 3.63) is 36.0 Å². The zero-order chi connectivity index (χ0) is 17.2. The molecule has 5 heteroatoms. The van der Waals surface area contributed by atoms with Crippen molar-refractivity contribution >= 4 is 16.6 Å². The smallest absolute Gasteiger partial charge is 0.143 e. The summed E-state index contributed by atoms with van der Waals surface area (Å²) in [6.45, 7) is 3.34. The molecule has 1 aromatic heterocycles. The SMILES string of the molecule is N#Cc1cc(N2CCCC2CN2CCCC2CO)c2ccccc2n1. The largest absolute Gasteiger partial charge is 0.395 e. The molecule has 0 saturated carbocycles. The minimum Gasteiger partial charge on any atom is -0.395 e. The van der Waals surface area contributed by atoms with E-state index in [1.165, 1.54) is 12.8 Å². The second kappa shape index (κ2) is 6.99. The van der Waals surface area contributed by atoms with Crippen LogP contribution in [0.4, 0.5) is 5.69 Å². The molecule has 0 radical (unpaired) electrons. The third kappa shape index (κ3) is 3.08. The summed E-state index contributed by atoms with van der Waals surface area (Å²) in [6, 6.07) is 13.0. The van der Waals surface area contributed by atoms with Crippen LogP contribution >= 0.6 is 0 Å². The van der Waals surface area contributed by atoms with Gasteiger partial charge in [0.15, 0.2) is 0 Å². The molecule has 25 heavy (non-hydrogen) atoms. The standard InChI is InChI=1S/C20H24N4O/c21-12-15-11-20(18-7-1-2-8-19(18)22-15)24-10-4-5-16(24)13-23-9-3-6-17(23)14-25/h1-2,7-8,11,16-17,25H,3-6,9-10,13-14H2. The van der Waals surface area contributed by atoms with Crippen molar-refractivity contribution in [2.45, 2.75) is 37.8 Å². The van der Waals surface area contributed by atoms with E-state index in [1.54, 1.807) is 0 Å². The summed E-state index contributed by atoms with van der Waals surface area (Å²) in [5.41, 5.74) is 2.50. The van der Waals surface area contributed by atoms with Crippen LogP contribution in [0.3, 0.4) is 0 Å². The topological polar surface area (TPSA) is 63.4 Å². The Labute approximate surface area is 148 Å². The van der Waals surface area contributed by atoms with E-state index in [9.17, 15) is 10.4 Å². The Balaban J connectivity index is 1.66. The average Bonchev–Trinajstić information content (AvgIpc) is 3.30. The highest BCUT2D eigenvalue weighted by atomic mass is 16.3. The van der Waals surface area contributed by atoms with Crippen molar-refractivity contribution in [3.8, 4) is 6.07 Å². The number of likely N-dealkylation sites (tertiary alicyclic amines) is 1. The normalized spacial score (nSPS) is 24.1. The monoisotopic (exact) mass is 336 g/mol. The molecule has 0 bridgehead atoms. The fraction of sp³-hybridized carbons (Fsp3) is 0.500. The van der Waals surface area contributed by atoms with Crippen LogP contribution in [0.15, 0.2) is 30.3 Å². The van der Waals surface area contributed by atoms with E-state index < -0.39 is 0 Å². The third-order valence-electron chi connectivity index (χ3n) is 5.65. The first-order valence-corrected chi connectivity index (χ1v) is 9.21. The summed E-state index contributed by atoms with van der Waals surface area (Å²) in [7, 11) is 0. The number of fused-ring (bicyclic) bond motifs is 1. The lowest BCUT2D eigenvalue weighted by molar-refractivity contribution is 0.153. The van der Waals surface area contributed by atoms with Gasteiger partial charge in [0.2, 0.25) is 0 Å². The Hall–Kier alpha value is -2.16. The van der Waals surface area contributed by atoms with Crippen molar-refractivity contribution in [1.29, 1.82) is 5.26 Å². The van der Waals surface area contributed by atoms with Gasteiger partial charge in [-0.2, -0.15) is 5.26 Å². The molecule has 1 aromatic carbocycles. The Morgan fingerprint density at radius 3 is 2.80 bits per heavy atom. The number of hydrogen-bond acceptors (Lipinski definition) is 5. The first-order valence-electron chi connectivity index (χ1n) is 9.21. The summed E-state index contributed by atoms with van der Waals surface area (Å²) >= 11 is 0. The lowest BCUT2D eigenvalue weighted by Gasteiger charge is -2.33. The molecule has 2 unspecified atom stereocenters. The van der Waals surface area contributed by atoms with Gasteiger partial charge in [0.25, 0.3) is 0 Å². The van der Waals surface area contributed by atoms with E-state index in [-0.39, 0.29) is 6.61 Å². The lowest BCUT2D eigenvalue weighted by Crippen LogP contribution is -2.43. The van der Waals surface area contributed by atoms with Gasteiger partial charge >= 0.3 is 0 Å². The number of hydrogen-bond donors (Lipinski definition) is 1. The first kappa shape index (κ1) is 16.3. The van der Waals surface area contributed by atoms with Gasteiger partial charge in [-0.3, -0.25) is 4.90 Å². The maximum atomic E-state index is 9.60. The number of rotatable bonds is 4. The summed E-state index contributed by atoms with van der Waals surface area (Å²) in [6.07, 6.45) is 4.60. The number of nitriles is 1. The fourth-order valence-corrected chi connectivity index (χ4v) is 4.41. The molecule has 2 aliphatic heterocycles. The van der Waals surface area contributed by atoms with Crippen molar-refractivity contribution in [2.75, 3.05) is 31.1 Å². The van der Waals surface area contributed by atoms with Gasteiger partial charge in [-0.15, -0.1) is 0 Å². The number of benzene rings is 1. The minimum atomic E-state index is 0.253. The van der Waals surface area contributed by atoms with Gasteiger partial charge in [0.1, 0.15) is 11.8 Å². The predicted octanol–water partition coefficient (Wildman–Crippen LogP) is 2.53. The van der Waals surface area contributed by atoms with Crippen molar-refractivity contribution in [1.82, 2.24) is 9.88 Å². The Bertz CT molecular complexity index is 800. The molecule has 2 aromatic rings. The van der Waals surface area contributed by atoms with Crippen LogP contribution in [0.25, 0.3) is 10.9 Å². The average molecular weight is 336 g/mol. The quantitative estimate of drug-likeness (QED) is 0.929. The summed E-state index contributed by atoms with van der Waals surface area (Å²) in [5, 5.41) is 20.1. The van der Waals surface area contributed by atoms with E-state index in [0.717, 1.165) is 49.1 Å². The Morgan fingerprint density at radius 1 is 1.16 bits per heavy atom. The highest BCUT2D eigenvalue weighted by molar-refractivity contribution is 5.92. The van der Waals surface area contributed by atoms with Crippen LogP contribution in [-0.4, -0.2) is 53.3 Å². The van der Waals surface area contributed by atoms with Crippen LogP contribution in [0, 0.1) is 11.3 Å². The first-order chi connectivity index (χ1) is 12.3. The van der Waals surface area contributed by atoms with Crippen LogP contribution < -0.4 is 4.90 Å². The van der Waals surface area contributed by atoms with Crippen molar-refractivity contribution in [2.24, 2.45) is 0 Å². The Kier molecular flexibility index (Phi) is 4.56. The van der Waals surface area contributed by atoms with Gasteiger partial charge in [0.05, 0.1) is 12.1 Å². The zero-order valence-corrected chi connectivity index (χ0v) is 14.4. The van der Waals surface area contributed by atoms with Crippen molar-refractivity contribution in [3.63, 3.8) is 0 Å². The number of nitrogens with zero attached hydrogens (tertiary/aromatic N) is 4. The molecule has 0 aliphatic carbocycles. The molecular weight excluding hydrogens is 312 g/mol. The molecular formula is C20H24N4O. The molecule has 1 N–H and O–H groups in total. The van der Waals surface area contributed by atoms with Gasteiger partial charge in [-0.1, -0.05) is 18.2 Å². The van der Waals surface area contributed by atoms with Gasteiger partial charge < -0.3 is 10.0 Å². The van der Waals surface area contributed by atoms with E-state index in [2.05, 4.69) is 26.9 Å². The lowest BCUT2D eigenvalue weighted by atomic mass is 10.1. The maximum absolute atomic E-state index is 9.60. The molecule has 3 heterocycles. The van der Waals surface area contributed by atoms with Gasteiger partial charge in [-0.05, 0) is 44.4 Å². The van der Waals surface area contributed by atoms with Crippen LogP contribution in [0.5, 0.6) is 0 Å². The zero-order valence-electron chi connectivity index (χ0n) is 14.4. The summed E-state index contributed by atoms with van der Waals surface area (Å²) in [4.78, 5) is 9.35. The molecule has 5 nitrogen and oxygen atoms in total. The number of pyridine rings is 1. The van der Waals surface area contributed by atoms with E-state index in [1.807, 2.05) is 24.3 Å². The number of anilines is 1. The molecule has 2 aliphatic rings. The third-order valence-corrected chi connectivity index (χ3v) is 5.65. The van der Waals surface area contributed by atoms with Crippen LogP contribution in [0.1, 0.15) is 31.4 Å². The molecule has 2 saturated heterocycles. The van der Waals surface area contributed by atoms with E-state index in [4.69, 9.17) is 0 Å². The van der Waals surface area contributed by atoms with Crippen LogP contribution in [-0.2, 0) is 0 Å². The number of aliphatic hydroxyl groups is 1. The molecule has 4 rings (SSSR count). The van der Waals surface area contributed by atoms with Crippen molar-refractivity contribution < 1.29 is 5.11 Å². The molecule has 130 valence electrons. The van der Waals surface area contributed by atoms with Crippen LogP contribution in [0.2, 0.25) is 0 Å². The minimum absolute atomic E-state index is 0.253. The van der Waals surface area contributed by atoms with Gasteiger partial charge in [-0.25, -0.2) is 4.98 Å². The highest BCUT2D eigenvalue weighted by Crippen LogP contribution is 2.33.